The van der Waals surface area contributed by atoms with E-state index in [2.05, 4.69) is 92.5 Å². The molecule has 2 atom stereocenters. The smallest absolute Gasteiger partial charge is 0.119 e. The molecule has 0 aliphatic heterocycles. The molecular weight excluding hydrogens is 721 g/mol. The van der Waals surface area contributed by atoms with E-state index in [0.29, 0.717) is 18.0 Å². The van der Waals surface area contributed by atoms with Crippen LogP contribution in [-0.2, 0) is 12.8 Å². The van der Waals surface area contributed by atoms with E-state index in [4.69, 9.17) is 4.74 Å². The molecule has 13 heteroatoms. The number of rotatable bonds is 27. The van der Waals surface area contributed by atoms with Gasteiger partial charge in [0.15, 0.2) is 0 Å². The van der Waals surface area contributed by atoms with Gasteiger partial charge in [-0.2, -0.15) is 0 Å². The molecule has 14 N–H and O–H groups in total. The lowest BCUT2D eigenvalue weighted by Gasteiger charge is -2.17. The fourth-order valence-electron chi connectivity index (χ4n) is 5.37. The van der Waals surface area contributed by atoms with Crippen LogP contribution in [0.4, 0.5) is 0 Å². The van der Waals surface area contributed by atoms with Crippen LogP contribution in [0.3, 0.4) is 0 Å². The van der Waals surface area contributed by atoms with Crippen LogP contribution in [0.1, 0.15) is 91.2 Å². The molecule has 0 bridgehead atoms. The van der Waals surface area contributed by atoms with Gasteiger partial charge in [-0.1, -0.05) is 60.5 Å². The highest BCUT2D eigenvalue weighted by Crippen LogP contribution is 2.21. The van der Waals surface area contributed by atoms with Crippen molar-refractivity contribution in [3.05, 3.63) is 29.3 Å². The van der Waals surface area contributed by atoms with E-state index in [9.17, 15) is 0 Å². The molecule has 0 radical (unpaired) electrons. The Morgan fingerprint density at radius 3 is 1.32 bits per heavy atom. The predicted octanol–water partition coefficient (Wildman–Crippen LogP) is -19.0. The van der Waals surface area contributed by atoms with Crippen LogP contribution < -0.4 is 112 Å². The number of halogens is 6. The lowest BCUT2D eigenvalue weighted by atomic mass is 9.97. The van der Waals surface area contributed by atoms with Crippen molar-refractivity contribution in [2.24, 2.45) is 17.8 Å². The summed E-state index contributed by atoms with van der Waals surface area (Å²) in [6.07, 6.45) is 9.28. The normalized spacial score (nSPS) is 11.7. The average Bonchev–Trinajstić information content (AvgIpc) is 2.91. The molecule has 0 aliphatic rings. The Morgan fingerprint density at radius 2 is 0.957 bits per heavy atom. The fraction of sp³-hybridized carbons (Fsp3) is 0.824. The molecule has 288 valence electrons. The molecule has 7 nitrogen and oxygen atoms in total. The maximum absolute atomic E-state index is 6.36. The van der Waals surface area contributed by atoms with Crippen molar-refractivity contribution in [3.63, 3.8) is 0 Å². The second-order valence-electron chi connectivity index (χ2n) is 13.5. The van der Waals surface area contributed by atoms with Crippen LogP contribution in [0.25, 0.3) is 0 Å². The summed E-state index contributed by atoms with van der Waals surface area (Å²) in [7, 11) is 0. The summed E-state index contributed by atoms with van der Waals surface area (Å²) in [4.78, 5) is 0. The van der Waals surface area contributed by atoms with Gasteiger partial charge in [0.1, 0.15) is 5.75 Å². The summed E-state index contributed by atoms with van der Waals surface area (Å²) in [6.45, 7) is 24.3. The Hall–Kier alpha value is 0.520. The summed E-state index contributed by atoms with van der Waals surface area (Å²) < 4.78 is 6.36. The van der Waals surface area contributed by atoms with E-state index < -0.39 is 0 Å². The zero-order chi connectivity index (χ0) is 30.3. The van der Waals surface area contributed by atoms with Crippen molar-refractivity contribution in [2.75, 3.05) is 59.0 Å². The minimum atomic E-state index is 0. The number of nitrogens with two attached hydrogens (primary N) is 4. The molecule has 0 heterocycles. The third-order valence-corrected chi connectivity index (χ3v) is 8.18. The van der Waals surface area contributed by atoms with Crippen LogP contribution in [0.2, 0.25) is 0 Å². The van der Waals surface area contributed by atoms with Crippen LogP contribution >= 0.6 is 0 Å². The Labute approximate surface area is 327 Å². The zero-order valence-electron chi connectivity index (χ0n) is 30.5. The lowest BCUT2D eigenvalue weighted by molar-refractivity contribution is -0.684. The zero-order valence-corrected chi connectivity index (χ0v) is 35.1. The summed E-state index contributed by atoms with van der Waals surface area (Å²) in [5, 5.41) is 9.89. The molecule has 0 aliphatic carbocycles. The number of hydrogen-bond acceptors (Lipinski definition) is 1. The van der Waals surface area contributed by atoms with Gasteiger partial charge < -0.3 is 112 Å². The van der Waals surface area contributed by atoms with Gasteiger partial charge in [0.05, 0.1) is 71.0 Å². The van der Waals surface area contributed by atoms with Crippen molar-refractivity contribution in [1.29, 1.82) is 0 Å². The van der Waals surface area contributed by atoms with Gasteiger partial charge in [-0.15, -0.1) is 0 Å². The summed E-state index contributed by atoms with van der Waals surface area (Å²) >= 11 is 0. The van der Waals surface area contributed by atoms with Gasteiger partial charge in [0.2, 0.25) is 0 Å². The van der Waals surface area contributed by atoms with E-state index >= 15 is 0 Å². The number of ether oxygens (including phenoxy) is 1. The standard InChI is InChI=1S/C34H68N6O.6ClH/c1-7-29(8-2)26-41-34-22-30(20-32(35)11-17-37-13-9-15-39-24-27(3)4)19-31(23-34)21-33(36)12-18-38-14-10-16-40-25-28(5)6;;;;;;/h19,22-23,27-29,32-33,37-40H,7-18,20-21,24-26,35-36H2,1-6H3;6*1H. The minimum absolute atomic E-state index is 0. The molecule has 2 unspecified atom stereocenters. The number of quaternary nitrogens is 6. The highest BCUT2D eigenvalue weighted by Gasteiger charge is 2.15. The molecule has 1 aromatic rings. The van der Waals surface area contributed by atoms with Crippen molar-refractivity contribution < 1.29 is 112 Å². The van der Waals surface area contributed by atoms with Crippen molar-refractivity contribution in [2.45, 2.75) is 105 Å². The monoisotopic (exact) mass is 792 g/mol. The number of hydrogen-bond donors (Lipinski definition) is 6. The molecule has 47 heavy (non-hydrogen) atoms. The first-order chi connectivity index (χ1) is 19.7. The first-order valence-electron chi connectivity index (χ1n) is 17.4. The van der Waals surface area contributed by atoms with Gasteiger partial charge in [0, 0.05) is 50.4 Å². The quantitative estimate of drug-likeness (QED) is 0.0487. The maximum Gasteiger partial charge on any atom is 0.119 e. The van der Waals surface area contributed by atoms with Crippen LogP contribution in [0, 0.1) is 17.8 Å². The first-order valence-corrected chi connectivity index (χ1v) is 17.4. The Kier molecular flexibility index (Phi) is 49.9. The average molecular weight is 796 g/mol. The van der Waals surface area contributed by atoms with E-state index in [1.54, 1.807) is 0 Å². The molecule has 0 amide bonds. The summed E-state index contributed by atoms with van der Waals surface area (Å²) in [5.74, 6) is 3.23. The fourth-order valence-corrected chi connectivity index (χ4v) is 5.37. The lowest BCUT2D eigenvalue weighted by Crippen LogP contribution is -3.00. The Bertz CT molecular complexity index is 716. The van der Waals surface area contributed by atoms with Crippen molar-refractivity contribution in [1.82, 2.24) is 0 Å². The number of benzene rings is 1. The summed E-state index contributed by atoms with van der Waals surface area (Å²) in [6, 6.07) is 7.83. The molecule has 0 saturated carbocycles. The molecule has 0 aromatic heterocycles. The van der Waals surface area contributed by atoms with Crippen LogP contribution in [0.5, 0.6) is 5.75 Å². The molecule has 0 saturated heterocycles. The van der Waals surface area contributed by atoms with E-state index in [0.717, 1.165) is 49.9 Å². The molecular formula is C34H74Cl6N6O. The second kappa shape index (κ2) is 39.3. The minimum Gasteiger partial charge on any atom is -1.00 e. The van der Waals surface area contributed by atoms with E-state index in [1.165, 1.54) is 89.2 Å². The maximum atomic E-state index is 6.36. The highest BCUT2D eigenvalue weighted by atomic mass is 35.5. The van der Waals surface area contributed by atoms with Gasteiger partial charge in [-0.3, -0.25) is 0 Å². The molecule has 0 spiro atoms. The molecule has 1 aromatic carbocycles. The van der Waals surface area contributed by atoms with Gasteiger partial charge in [-0.25, -0.2) is 0 Å². The predicted molar refractivity (Wildman–Crippen MR) is 172 cm³/mol. The van der Waals surface area contributed by atoms with Crippen molar-refractivity contribution in [3.8, 4) is 5.75 Å². The van der Waals surface area contributed by atoms with Crippen LogP contribution in [0.15, 0.2) is 18.2 Å². The van der Waals surface area contributed by atoms with E-state index in [1.807, 2.05) is 0 Å². The Balaban J connectivity index is -0.000000700. The molecule has 1 rings (SSSR count). The van der Waals surface area contributed by atoms with Crippen LogP contribution in [-0.4, -0.2) is 71.0 Å². The third kappa shape index (κ3) is 34.7. The largest absolute Gasteiger partial charge is 1.00 e. The third-order valence-electron chi connectivity index (χ3n) is 8.18. The van der Waals surface area contributed by atoms with E-state index in [-0.39, 0.29) is 74.4 Å². The van der Waals surface area contributed by atoms with Gasteiger partial charge in [-0.05, 0) is 29.2 Å². The second-order valence-corrected chi connectivity index (χ2v) is 13.5. The summed E-state index contributed by atoms with van der Waals surface area (Å²) in [5.41, 5.74) is 11.8. The highest BCUT2D eigenvalue weighted by molar-refractivity contribution is 5.35. The SMILES string of the molecule is CCC(CC)COc1cc(CC([NH3+])CC[NH2+]CCC[NH2+]CC(C)C)cc(CC([NH3+])CC[NH2+]CCC[NH2+]CC(C)C)c1.[Cl-].[Cl-].[Cl-].[Cl-].[Cl-].[Cl-]. The van der Waals surface area contributed by atoms with Crippen molar-refractivity contribution >= 4 is 0 Å². The van der Waals surface area contributed by atoms with Gasteiger partial charge in [0.25, 0.3) is 0 Å². The Morgan fingerprint density at radius 1 is 0.574 bits per heavy atom. The topological polar surface area (TPSA) is 131 Å². The first kappa shape index (κ1) is 59.7. The van der Waals surface area contributed by atoms with Gasteiger partial charge >= 0.3 is 0 Å². The molecule has 0 fully saturated rings.